The van der Waals surface area contributed by atoms with Crippen molar-refractivity contribution in [2.75, 3.05) is 0 Å². The van der Waals surface area contributed by atoms with E-state index in [1.807, 2.05) is 65.2 Å². The van der Waals surface area contributed by atoms with E-state index in [2.05, 4.69) is 0 Å². The van der Waals surface area contributed by atoms with Crippen molar-refractivity contribution in [1.29, 1.82) is 0 Å². The van der Waals surface area contributed by atoms with Gasteiger partial charge < -0.3 is 13.7 Å². The van der Waals surface area contributed by atoms with Crippen LogP contribution in [-0.4, -0.2) is 13.7 Å². The molecule has 266 valence electrons. The molecule has 0 saturated carbocycles. The van der Waals surface area contributed by atoms with Crippen molar-refractivity contribution in [2.24, 2.45) is 0 Å². The molecule has 12 rings (SSSR count). The van der Waals surface area contributed by atoms with Crippen LogP contribution < -0.4 is 0 Å². The highest BCUT2D eigenvalue weighted by molar-refractivity contribution is 6.17. The Labute approximate surface area is 356 Å². The zero-order valence-electron chi connectivity index (χ0n) is 48.6. The first-order valence-electron chi connectivity index (χ1n) is 27.6. The van der Waals surface area contributed by atoms with Gasteiger partial charge in [-0.2, -0.15) is 0 Å². The Kier molecular flexibility index (Phi) is 4.01. The third kappa shape index (κ3) is 4.79. The van der Waals surface area contributed by atoms with Gasteiger partial charge in [0.15, 0.2) is 0 Å². The first-order valence-corrected chi connectivity index (χ1v) is 18.1. The molecule has 3 nitrogen and oxygen atoms in total. The van der Waals surface area contributed by atoms with Crippen molar-refractivity contribution in [3.63, 3.8) is 0 Å². The summed E-state index contributed by atoms with van der Waals surface area (Å²) < 4.78 is 178. The van der Waals surface area contributed by atoms with Crippen molar-refractivity contribution in [3.8, 4) is 39.3 Å². The number of benzene rings is 9. The van der Waals surface area contributed by atoms with Crippen molar-refractivity contribution in [3.05, 3.63) is 212 Å². The van der Waals surface area contributed by atoms with Gasteiger partial charge in [-0.15, -0.1) is 0 Å². The molecule has 3 heterocycles. The van der Waals surface area contributed by atoms with Crippen molar-refractivity contribution >= 4 is 65.4 Å². The van der Waals surface area contributed by atoms with Gasteiger partial charge in [-0.1, -0.05) is 133 Å². The van der Waals surface area contributed by atoms with Crippen LogP contribution in [0.15, 0.2) is 212 Å². The fourth-order valence-electron chi connectivity index (χ4n) is 7.99. The fraction of sp³-hybridized carbons (Fsp3) is 0. The van der Waals surface area contributed by atoms with Gasteiger partial charge in [0.25, 0.3) is 0 Å². The molecule has 3 aromatic heterocycles. The normalized spacial score (nSPS) is 16.5. The molecule has 0 atom stereocenters. The van der Waals surface area contributed by atoms with Crippen LogP contribution in [0.5, 0.6) is 0 Å². The summed E-state index contributed by atoms with van der Waals surface area (Å²) in [4.78, 5) is 0. The second-order valence-electron chi connectivity index (χ2n) is 13.5. The van der Waals surface area contributed by atoms with Crippen molar-refractivity contribution < 1.29 is 26.0 Å². The zero-order chi connectivity index (χ0) is 54.0. The Morgan fingerprint density at radius 3 is 1.56 bits per heavy atom. The van der Waals surface area contributed by atoms with Crippen molar-refractivity contribution in [2.45, 2.75) is 0 Å². The molecule has 57 heavy (non-hydrogen) atoms. The molecule has 0 unspecified atom stereocenters. The summed E-state index contributed by atoms with van der Waals surface area (Å²) in [6.45, 7) is 0. The highest BCUT2D eigenvalue weighted by atomic mass is 15.0. The zero-order valence-corrected chi connectivity index (χ0v) is 29.6. The summed E-state index contributed by atoms with van der Waals surface area (Å²) in [7, 11) is 0. The van der Waals surface area contributed by atoms with E-state index in [4.69, 9.17) is 13.7 Å². The average Bonchev–Trinajstić information content (AvgIpc) is 4.19. The molecule has 0 amide bonds. The highest BCUT2D eigenvalue weighted by Gasteiger charge is 2.20. The minimum absolute atomic E-state index is 0.103. The molecule has 0 N–H and O–H groups in total. The van der Waals surface area contributed by atoms with Gasteiger partial charge in [-0.25, -0.2) is 0 Å². The Morgan fingerprint density at radius 1 is 0.298 bits per heavy atom. The topological polar surface area (TPSA) is 14.8 Å². The Hall–Kier alpha value is -7.62. The maximum Gasteiger partial charge on any atom is 0.0645 e. The minimum atomic E-state index is -0.725. The summed E-state index contributed by atoms with van der Waals surface area (Å²) in [5.74, 6) is 0. The lowest BCUT2D eigenvalue weighted by Gasteiger charge is -2.12. The largest absolute Gasteiger partial charge is 0.309 e. The quantitative estimate of drug-likeness (QED) is 0.167. The Morgan fingerprint density at radius 2 is 0.842 bits per heavy atom. The second kappa shape index (κ2) is 12.5. The third-order valence-electron chi connectivity index (χ3n) is 10.4. The molecule has 3 heteroatoms. The minimum Gasteiger partial charge on any atom is -0.309 e. The number of rotatable bonds is 5. The predicted octanol–water partition coefficient (Wildman–Crippen LogP) is 14.3. The molecule has 0 aliphatic heterocycles. The molecule has 0 spiro atoms. The van der Waals surface area contributed by atoms with E-state index in [1.165, 1.54) is 33.4 Å². The van der Waals surface area contributed by atoms with Gasteiger partial charge in [0.05, 0.1) is 64.8 Å². The molecular weight excluding hydrogens is 691 g/mol. The van der Waals surface area contributed by atoms with Crippen LogP contribution in [0.3, 0.4) is 0 Å². The van der Waals surface area contributed by atoms with Crippen LogP contribution in [-0.2, 0) is 0 Å². The molecule has 0 radical (unpaired) electrons. The number of para-hydroxylation sites is 4. The highest BCUT2D eigenvalue weighted by Crippen LogP contribution is 2.42. The predicted molar refractivity (Wildman–Crippen MR) is 240 cm³/mol. The van der Waals surface area contributed by atoms with Crippen LogP contribution in [0.4, 0.5) is 0 Å². The van der Waals surface area contributed by atoms with Crippen molar-refractivity contribution in [1.82, 2.24) is 13.7 Å². The van der Waals surface area contributed by atoms with Crippen LogP contribution in [0.2, 0.25) is 0 Å². The number of hydrogen-bond donors (Lipinski definition) is 0. The van der Waals surface area contributed by atoms with E-state index in [1.54, 1.807) is 12.1 Å². The van der Waals surface area contributed by atoms with Gasteiger partial charge in [-0.3, -0.25) is 0 Å². The monoisotopic (exact) mass is 744 g/mol. The average molecular weight is 745 g/mol. The fourth-order valence-corrected chi connectivity index (χ4v) is 7.99. The summed E-state index contributed by atoms with van der Waals surface area (Å²) in [5.41, 5.74) is 1.26. The summed E-state index contributed by atoms with van der Waals surface area (Å²) in [6.07, 6.45) is 0. The van der Waals surface area contributed by atoms with Crippen LogP contribution in [0, 0.1) is 0 Å². The summed E-state index contributed by atoms with van der Waals surface area (Å²) in [6, 6.07) is 17.0. The van der Waals surface area contributed by atoms with Gasteiger partial charge in [0.1, 0.15) is 0 Å². The number of aromatic nitrogens is 3. The maximum absolute atomic E-state index is 10.1. The van der Waals surface area contributed by atoms with E-state index in [0.29, 0.717) is 16.6 Å². The summed E-state index contributed by atoms with van der Waals surface area (Å²) in [5, 5.41) is 0.510. The molecule has 0 aliphatic rings. The van der Waals surface area contributed by atoms with Gasteiger partial charge in [0.2, 0.25) is 0 Å². The first-order chi connectivity index (χ1) is 36.2. The van der Waals surface area contributed by atoms with E-state index in [9.17, 15) is 12.3 Å². The lowest BCUT2D eigenvalue weighted by Crippen LogP contribution is -1.96. The summed E-state index contributed by atoms with van der Waals surface area (Å²) >= 11 is 0. The Balaban J connectivity index is 1.19. The molecule has 0 fully saturated rings. The van der Waals surface area contributed by atoms with Gasteiger partial charge in [-0.05, 0) is 101 Å². The van der Waals surface area contributed by atoms with E-state index in [-0.39, 0.29) is 60.4 Å². The van der Waals surface area contributed by atoms with E-state index >= 15 is 0 Å². The molecule has 0 bridgehead atoms. The molecule has 9 aromatic carbocycles. The molecular formula is C54H35N3. The maximum atomic E-state index is 10.1. The lowest BCUT2D eigenvalue weighted by molar-refractivity contribution is 1.17. The smallest absolute Gasteiger partial charge is 0.0645 e. The molecule has 12 aromatic rings. The molecule has 0 saturated heterocycles. The van der Waals surface area contributed by atoms with Gasteiger partial charge in [0, 0.05) is 43.7 Å². The SMILES string of the molecule is [2H]c1c([2H])c([2H])c(-c2ccc(-n3c4c([2H])c([2H])c([2H])c([2H])c4c4c([2H])c(-c5c([2H])c([2H])c6c(c5[2H])c5c([2H])c([2H])c([2H])c([2H])c5n6-c5cccc6c5c5ccccc5n6-c5ccccc5)c([2H])c([2H])c43)cc2)c([2H])c1[2H]. The number of hydrogen-bond acceptors (Lipinski definition) is 0. The van der Waals surface area contributed by atoms with Crippen LogP contribution >= 0.6 is 0 Å². The second-order valence-corrected chi connectivity index (χ2v) is 13.5. The Bertz CT molecular complexity index is 4590. The van der Waals surface area contributed by atoms with Crippen LogP contribution in [0.1, 0.15) is 26.0 Å². The number of nitrogens with zero attached hydrogens (tertiary/aromatic N) is 3. The van der Waals surface area contributed by atoms with E-state index in [0.717, 1.165) is 16.6 Å². The van der Waals surface area contributed by atoms with Crippen LogP contribution in [0.25, 0.3) is 105 Å². The lowest BCUT2D eigenvalue weighted by atomic mass is 10.0. The van der Waals surface area contributed by atoms with Gasteiger partial charge >= 0.3 is 0 Å². The standard InChI is InChI=1S/C54H35N3/c1-3-14-36(15-4-1)37-26-30-41(31-27-37)55-47-21-10-7-18-42(47)45-34-38(28-32-50(45)55)39-29-33-51-46(35-39)43-19-8-11-22-48(43)57(51)53-25-13-24-52-54(53)44-20-9-12-23-49(44)56(52)40-16-5-2-6-17-40/h1-35H/i1D,3D,4D,7D,8D,10D,11D,14D,15D,18D,19D,21D,22D,28D,29D,32D,33D,34D,35D. The number of fused-ring (bicyclic) bond motifs is 9. The third-order valence-corrected chi connectivity index (χ3v) is 10.4. The molecule has 0 aliphatic carbocycles. The van der Waals surface area contributed by atoms with E-state index < -0.39 is 126 Å². The first kappa shape index (κ1) is 18.3.